The number of carboxylic acid groups (broad SMARTS) is 1. The highest BCUT2D eigenvalue weighted by Gasteiger charge is 2.19. The number of hydrogen-bond acceptors (Lipinski definition) is 2. The van der Waals surface area contributed by atoms with Crippen LogP contribution in [-0.4, -0.2) is 17.7 Å². The fourth-order valence-corrected chi connectivity index (χ4v) is 2.30. The van der Waals surface area contributed by atoms with Crippen molar-refractivity contribution in [3.8, 4) is 5.75 Å². The third-order valence-electron chi connectivity index (χ3n) is 3.29. The number of benzene rings is 1. The van der Waals surface area contributed by atoms with Crippen molar-refractivity contribution in [1.29, 1.82) is 0 Å². The van der Waals surface area contributed by atoms with Gasteiger partial charge in [-0.25, -0.2) is 0 Å². The molecule has 0 amide bonds. The fourth-order valence-electron chi connectivity index (χ4n) is 2.13. The number of carboxylic acids is 1. The van der Waals surface area contributed by atoms with Crippen molar-refractivity contribution in [1.82, 2.24) is 0 Å². The Morgan fingerprint density at radius 3 is 2.48 bits per heavy atom. The van der Waals surface area contributed by atoms with Crippen molar-refractivity contribution in [2.24, 2.45) is 0 Å². The van der Waals surface area contributed by atoms with E-state index in [1.165, 1.54) is 0 Å². The highest BCUT2D eigenvalue weighted by atomic mass is 35.5. The highest BCUT2D eigenvalue weighted by molar-refractivity contribution is 6.30. The lowest BCUT2D eigenvalue weighted by molar-refractivity contribution is -0.137. The minimum absolute atomic E-state index is 0.0122. The Balaban J connectivity index is 2.40. The SMILES string of the molecule is CC(C)(C)c1cc(Cl)ccc1OCCCCCCC(=O)O. The molecule has 3 nitrogen and oxygen atoms in total. The van der Waals surface area contributed by atoms with Crippen LogP contribution in [0.5, 0.6) is 5.75 Å². The van der Waals surface area contributed by atoms with E-state index in [2.05, 4.69) is 20.8 Å². The van der Waals surface area contributed by atoms with Gasteiger partial charge in [-0.2, -0.15) is 0 Å². The Kier molecular flexibility index (Phi) is 7.03. The van der Waals surface area contributed by atoms with E-state index < -0.39 is 5.97 Å². The zero-order valence-corrected chi connectivity index (χ0v) is 13.9. The molecule has 0 aliphatic heterocycles. The van der Waals surface area contributed by atoms with E-state index in [1.54, 1.807) is 0 Å². The number of hydrogen-bond donors (Lipinski definition) is 1. The molecule has 0 bridgehead atoms. The van der Waals surface area contributed by atoms with E-state index >= 15 is 0 Å². The van der Waals surface area contributed by atoms with Gasteiger partial charge in [0.05, 0.1) is 6.61 Å². The Morgan fingerprint density at radius 2 is 1.86 bits per heavy atom. The van der Waals surface area contributed by atoms with Gasteiger partial charge >= 0.3 is 5.97 Å². The predicted octanol–water partition coefficient (Wildman–Crippen LogP) is 5.05. The van der Waals surface area contributed by atoms with E-state index in [4.69, 9.17) is 21.4 Å². The van der Waals surface area contributed by atoms with Crippen LogP contribution in [-0.2, 0) is 10.2 Å². The predicted molar refractivity (Wildman–Crippen MR) is 86.4 cm³/mol. The lowest BCUT2D eigenvalue weighted by atomic mass is 9.86. The summed E-state index contributed by atoms with van der Waals surface area (Å²) in [4.78, 5) is 10.4. The van der Waals surface area contributed by atoms with Crippen molar-refractivity contribution >= 4 is 17.6 Å². The van der Waals surface area contributed by atoms with Crippen molar-refractivity contribution in [3.05, 3.63) is 28.8 Å². The summed E-state index contributed by atoms with van der Waals surface area (Å²) in [5.41, 5.74) is 1.10. The second kappa shape index (κ2) is 8.28. The lowest BCUT2D eigenvalue weighted by Gasteiger charge is -2.23. The second-order valence-corrected chi connectivity index (χ2v) is 6.73. The Hall–Kier alpha value is -1.22. The zero-order valence-electron chi connectivity index (χ0n) is 13.1. The van der Waals surface area contributed by atoms with Crippen LogP contribution in [0.2, 0.25) is 5.02 Å². The molecule has 21 heavy (non-hydrogen) atoms. The molecule has 4 heteroatoms. The summed E-state index contributed by atoms with van der Waals surface area (Å²) in [6, 6.07) is 5.73. The Bertz CT molecular complexity index is 464. The molecule has 0 spiro atoms. The first-order valence-electron chi connectivity index (χ1n) is 7.45. The number of aliphatic carboxylic acids is 1. The van der Waals surface area contributed by atoms with E-state index in [-0.39, 0.29) is 11.8 Å². The topological polar surface area (TPSA) is 46.5 Å². The van der Waals surface area contributed by atoms with Gasteiger partial charge in [0, 0.05) is 17.0 Å². The minimum Gasteiger partial charge on any atom is -0.493 e. The summed E-state index contributed by atoms with van der Waals surface area (Å²) in [6.45, 7) is 7.06. The normalized spacial score (nSPS) is 11.4. The van der Waals surface area contributed by atoms with Gasteiger partial charge in [0.15, 0.2) is 0 Å². The summed E-state index contributed by atoms with van der Waals surface area (Å²) < 4.78 is 5.87. The Morgan fingerprint density at radius 1 is 1.19 bits per heavy atom. The molecule has 0 fully saturated rings. The van der Waals surface area contributed by atoms with E-state index in [9.17, 15) is 4.79 Å². The van der Waals surface area contributed by atoms with Crippen LogP contribution in [0.4, 0.5) is 0 Å². The van der Waals surface area contributed by atoms with Gasteiger partial charge in [0.25, 0.3) is 0 Å². The number of halogens is 1. The van der Waals surface area contributed by atoms with E-state index in [0.717, 1.165) is 42.0 Å². The molecule has 0 saturated heterocycles. The summed E-state index contributed by atoms with van der Waals surface area (Å²) >= 11 is 6.06. The van der Waals surface area contributed by atoms with Crippen LogP contribution in [0.25, 0.3) is 0 Å². The molecule has 0 saturated carbocycles. The summed E-state index contributed by atoms with van der Waals surface area (Å²) in [5.74, 6) is 0.166. The molecule has 1 aromatic rings. The summed E-state index contributed by atoms with van der Waals surface area (Å²) in [5, 5.41) is 9.28. The smallest absolute Gasteiger partial charge is 0.303 e. The van der Waals surface area contributed by atoms with E-state index in [1.807, 2.05) is 18.2 Å². The third kappa shape index (κ3) is 6.85. The third-order valence-corrected chi connectivity index (χ3v) is 3.53. The first kappa shape index (κ1) is 17.8. The van der Waals surface area contributed by atoms with Crippen molar-refractivity contribution in [2.75, 3.05) is 6.61 Å². The molecule has 0 unspecified atom stereocenters. The van der Waals surface area contributed by atoms with E-state index in [0.29, 0.717) is 6.61 Å². The van der Waals surface area contributed by atoms with Crippen molar-refractivity contribution in [2.45, 2.75) is 58.3 Å². The van der Waals surface area contributed by atoms with Gasteiger partial charge in [0.1, 0.15) is 5.75 Å². The largest absolute Gasteiger partial charge is 0.493 e. The van der Waals surface area contributed by atoms with Gasteiger partial charge in [-0.3, -0.25) is 4.79 Å². The van der Waals surface area contributed by atoms with Crippen LogP contribution in [0.15, 0.2) is 18.2 Å². The highest BCUT2D eigenvalue weighted by Crippen LogP contribution is 2.33. The molecular weight excluding hydrogens is 288 g/mol. The van der Waals surface area contributed by atoms with Crippen molar-refractivity contribution in [3.63, 3.8) is 0 Å². The molecule has 0 heterocycles. The van der Waals surface area contributed by atoms with Crippen LogP contribution in [0, 0.1) is 0 Å². The average molecular weight is 313 g/mol. The van der Waals surface area contributed by atoms with Gasteiger partial charge in [-0.15, -0.1) is 0 Å². The second-order valence-electron chi connectivity index (χ2n) is 6.30. The first-order chi connectivity index (χ1) is 9.80. The van der Waals surface area contributed by atoms with Crippen LogP contribution in [0.3, 0.4) is 0 Å². The molecular formula is C17H25ClO3. The molecule has 1 aromatic carbocycles. The molecule has 0 aromatic heterocycles. The number of ether oxygens (including phenoxy) is 1. The maximum Gasteiger partial charge on any atom is 0.303 e. The van der Waals surface area contributed by atoms with Gasteiger partial charge < -0.3 is 9.84 Å². The first-order valence-corrected chi connectivity index (χ1v) is 7.83. The molecule has 0 radical (unpaired) electrons. The van der Waals surface area contributed by atoms with Crippen LogP contribution >= 0.6 is 11.6 Å². The molecule has 0 atom stereocenters. The number of unbranched alkanes of at least 4 members (excludes halogenated alkanes) is 3. The standard InChI is InChI=1S/C17H25ClO3/c1-17(2,3)14-12-13(18)9-10-15(14)21-11-7-5-4-6-8-16(19)20/h9-10,12H,4-8,11H2,1-3H3,(H,19,20). The maximum atomic E-state index is 10.4. The summed E-state index contributed by atoms with van der Waals surface area (Å²) in [7, 11) is 0. The number of carbonyl (C=O) groups is 1. The maximum absolute atomic E-state index is 10.4. The molecule has 0 aliphatic rings. The van der Waals surface area contributed by atoms with Crippen LogP contribution < -0.4 is 4.74 Å². The molecule has 1 rings (SSSR count). The average Bonchev–Trinajstić information content (AvgIpc) is 2.37. The van der Waals surface area contributed by atoms with Gasteiger partial charge in [-0.1, -0.05) is 45.2 Å². The van der Waals surface area contributed by atoms with Crippen LogP contribution in [0.1, 0.15) is 58.4 Å². The summed E-state index contributed by atoms with van der Waals surface area (Å²) in [6.07, 6.45) is 3.86. The Labute approximate surface area is 132 Å². The molecule has 0 aliphatic carbocycles. The lowest BCUT2D eigenvalue weighted by Crippen LogP contribution is -2.14. The minimum atomic E-state index is -0.720. The monoisotopic (exact) mass is 312 g/mol. The van der Waals surface area contributed by atoms with Gasteiger partial charge in [-0.05, 0) is 36.5 Å². The van der Waals surface area contributed by atoms with Gasteiger partial charge in [0.2, 0.25) is 0 Å². The molecule has 1 N–H and O–H groups in total. The number of rotatable bonds is 8. The molecule has 118 valence electrons. The fraction of sp³-hybridized carbons (Fsp3) is 0.588. The quantitative estimate of drug-likeness (QED) is 0.683. The zero-order chi connectivity index (χ0) is 15.9. The van der Waals surface area contributed by atoms with Crippen molar-refractivity contribution < 1.29 is 14.6 Å².